The Hall–Kier alpha value is -2.36. The summed E-state index contributed by atoms with van der Waals surface area (Å²) in [7, 11) is -2.30. The minimum absolute atomic E-state index is 0.0566. The van der Waals surface area contributed by atoms with E-state index in [1.165, 1.54) is 37.4 Å². The van der Waals surface area contributed by atoms with Gasteiger partial charge < -0.3 is 4.74 Å². The van der Waals surface area contributed by atoms with E-state index >= 15 is 0 Å². The third kappa shape index (κ3) is 4.07. The molecule has 0 fully saturated rings. The van der Waals surface area contributed by atoms with Crippen LogP contribution >= 0.6 is 0 Å². The second-order valence-corrected chi connectivity index (χ2v) is 6.02. The number of para-hydroxylation sites is 1. The number of hydrogen-bond acceptors (Lipinski definition) is 3. The molecule has 22 heavy (non-hydrogen) atoms. The molecule has 0 amide bonds. The Kier molecular flexibility index (Phi) is 5.15. The fourth-order valence-corrected chi connectivity index (χ4v) is 2.82. The van der Waals surface area contributed by atoms with Gasteiger partial charge in [-0.3, -0.25) is 0 Å². The first-order valence-corrected chi connectivity index (χ1v) is 7.88. The average molecular weight is 319 g/mol. The average Bonchev–Trinajstić information content (AvgIpc) is 2.53. The van der Waals surface area contributed by atoms with Crippen LogP contribution in [0.5, 0.6) is 5.75 Å². The summed E-state index contributed by atoms with van der Waals surface area (Å²) in [6.07, 6.45) is 0. The van der Waals surface area contributed by atoms with Crippen LogP contribution in [-0.4, -0.2) is 22.1 Å². The Labute approximate surface area is 129 Å². The largest absolute Gasteiger partial charge is 0.495 e. The molecular weight excluding hydrogens is 305 g/mol. The van der Waals surface area contributed by atoms with E-state index in [0.29, 0.717) is 5.56 Å². The van der Waals surface area contributed by atoms with Gasteiger partial charge in [-0.05, 0) is 36.4 Å². The van der Waals surface area contributed by atoms with Crippen LogP contribution in [0.15, 0.2) is 53.4 Å². The molecule has 0 heterocycles. The number of benzene rings is 2. The van der Waals surface area contributed by atoms with Gasteiger partial charge in [0.15, 0.2) is 0 Å². The topological polar surface area (TPSA) is 55.4 Å². The predicted molar refractivity (Wildman–Crippen MR) is 81.5 cm³/mol. The van der Waals surface area contributed by atoms with E-state index in [2.05, 4.69) is 16.6 Å². The zero-order chi connectivity index (χ0) is 16.0. The summed E-state index contributed by atoms with van der Waals surface area (Å²) in [5, 5.41) is 0. The van der Waals surface area contributed by atoms with E-state index in [4.69, 9.17) is 4.74 Å². The number of rotatable bonds is 4. The lowest BCUT2D eigenvalue weighted by atomic mass is 10.2. The Bertz CT molecular complexity index is 805. The molecular formula is C16H14FNO3S. The number of methoxy groups -OCH3 is 1. The predicted octanol–water partition coefficient (Wildman–Crippen LogP) is 2.16. The summed E-state index contributed by atoms with van der Waals surface area (Å²) in [5.74, 6) is 5.35. The third-order valence-electron chi connectivity index (χ3n) is 2.79. The first kappa shape index (κ1) is 16.0. The maximum Gasteiger partial charge on any atom is 0.245 e. The van der Waals surface area contributed by atoms with Crippen molar-refractivity contribution >= 4 is 10.0 Å². The van der Waals surface area contributed by atoms with Crippen molar-refractivity contribution in [1.82, 2.24) is 4.72 Å². The molecule has 1 N–H and O–H groups in total. The maximum absolute atomic E-state index is 12.7. The summed E-state index contributed by atoms with van der Waals surface area (Å²) >= 11 is 0. The fourth-order valence-electron chi connectivity index (χ4n) is 1.73. The van der Waals surface area contributed by atoms with E-state index in [-0.39, 0.29) is 23.0 Å². The van der Waals surface area contributed by atoms with Crippen molar-refractivity contribution in [2.24, 2.45) is 0 Å². The molecule has 0 aliphatic carbocycles. The van der Waals surface area contributed by atoms with Gasteiger partial charge >= 0.3 is 0 Å². The first-order valence-electron chi connectivity index (χ1n) is 6.40. The summed E-state index contributed by atoms with van der Waals surface area (Å²) in [6.45, 7) is -0.0578. The van der Waals surface area contributed by atoms with Gasteiger partial charge in [0, 0.05) is 5.56 Å². The lowest BCUT2D eigenvalue weighted by molar-refractivity contribution is 0.402. The van der Waals surface area contributed by atoms with Gasteiger partial charge in [0.25, 0.3) is 0 Å². The molecule has 2 aromatic rings. The van der Waals surface area contributed by atoms with Crippen molar-refractivity contribution in [2.45, 2.75) is 4.90 Å². The first-order chi connectivity index (χ1) is 10.5. The fraction of sp³-hybridized carbons (Fsp3) is 0.125. The van der Waals surface area contributed by atoms with E-state index in [9.17, 15) is 12.8 Å². The third-order valence-corrected chi connectivity index (χ3v) is 4.23. The van der Waals surface area contributed by atoms with E-state index in [0.717, 1.165) is 0 Å². The highest BCUT2D eigenvalue weighted by molar-refractivity contribution is 7.89. The van der Waals surface area contributed by atoms with E-state index in [1.54, 1.807) is 18.2 Å². The normalized spacial score (nSPS) is 10.6. The van der Waals surface area contributed by atoms with Gasteiger partial charge in [-0.2, -0.15) is 4.72 Å². The Morgan fingerprint density at radius 1 is 1.14 bits per heavy atom. The molecule has 0 unspecified atom stereocenters. The number of sulfonamides is 1. The molecule has 0 spiro atoms. The van der Waals surface area contributed by atoms with Gasteiger partial charge in [0.05, 0.1) is 13.7 Å². The van der Waals surface area contributed by atoms with Crippen LogP contribution in [0, 0.1) is 17.7 Å². The number of ether oxygens (including phenoxy) is 1. The SMILES string of the molecule is COc1ccccc1S(=O)(=O)NCC#Cc1ccc(F)cc1. The van der Waals surface area contributed by atoms with Crippen LogP contribution in [0.2, 0.25) is 0 Å². The molecule has 114 valence electrons. The highest BCUT2D eigenvalue weighted by Crippen LogP contribution is 2.22. The van der Waals surface area contributed by atoms with Crippen LogP contribution in [0.3, 0.4) is 0 Å². The summed E-state index contributed by atoms with van der Waals surface area (Å²) in [4.78, 5) is 0.0566. The summed E-state index contributed by atoms with van der Waals surface area (Å²) < 4.78 is 44.5. The van der Waals surface area contributed by atoms with E-state index < -0.39 is 10.0 Å². The Morgan fingerprint density at radius 3 is 2.50 bits per heavy atom. The molecule has 0 saturated carbocycles. The number of hydrogen-bond donors (Lipinski definition) is 1. The van der Waals surface area contributed by atoms with Gasteiger partial charge in [-0.25, -0.2) is 12.8 Å². The van der Waals surface area contributed by atoms with Crippen molar-refractivity contribution in [3.63, 3.8) is 0 Å². The Morgan fingerprint density at radius 2 is 1.82 bits per heavy atom. The lowest BCUT2D eigenvalue weighted by Crippen LogP contribution is -2.24. The zero-order valence-electron chi connectivity index (χ0n) is 11.8. The molecule has 2 rings (SSSR count). The van der Waals surface area contributed by atoms with Crippen LogP contribution in [-0.2, 0) is 10.0 Å². The Balaban J connectivity index is 2.06. The van der Waals surface area contributed by atoms with Crippen LogP contribution in [0.1, 0.15) is 5.56 Å². The molecule has 2 aromatic carbocycles. The van der Waals surface area contributed by atoms with Crippen LogP contribution < -0.4 is 9.46 Å². The highest BCUT2D eigenvalue weighted by atomic mass is 32.2. The van der Waals surface area contributed by atoms with Crippen molar-refractivity contribution in [3.05, 3.63) is 59.9 Å². The van der Waals surface area contributed by atoms with Gasteiger partial charge in [-0.1, -0.05) is 24.0 Å². The second kappa shape index (κ2) is 7.07. The molecule has 0 aliphatic heterocycles. The second-order valence-electron chi connectivity index (χ2n) is 4.28. The van der Waals surface area contributed by atoms with Crippen molar-refractivity contribution < 1.29 is 17.5 Å². The lowest BCUT2D eigenvalue weighted by Gasteiger charge is -2.08. The van der Waals surface area contributed by atoms with Gasteiger partial charge in [-0.15, -0.1) is 0 Å². The minimum Gasteiger partial charge on any atom is -0.495 e. The highest BCUT2D eigenvalue weighted by Gasteiger charge is 2.17. The smallest absolute Gasteiger partial charge is 0.245 e. The molecule has 6 heteroatoms. The standard InChI is InChI=1S/C16H14FNO3S/c1-21-15-6-2-3-7-16(15)22(19,20)18-12-4-5-13-8-10-14(17)11-9-13/h2-3,6-11,18H,12H2,1H3. The molecule has 0 radical (unpaired) electrons. The van der Waals surface area contributed by atoms with Crippen molar-refractivity contribution in [2.75, 3.05) is 13.7 Å². The number of halogens is 1. The molecule has 0 saturated heterocycles. The van der Waals surface area contributed by atoms with Crippen molar-refractivity contribution in [3.8, 4) is 17.6 Å². The molecule has 0 atom stereocenters. The van der Waals surface area contributed by atoms with Gasteiger partial charge in [0.1, 0.15) is 16.5 Å². The summed E-state index contributed by atoms with van der Waals surface area (Å²) in [6, 6.07) is 12.0. The maximum atomic E-state index is 12.7. The minimum atomic E-state index is -3.70. The monoisotopic (exact) mass is 319 g/mol. The van der Waals surface area contributed by atoms with Crippen LogP contribution in [0.25, 0.3) is 0 Å². The zero-order valence-corrected chi connectivity index (χ0v) is 12.7. The van der Waals surface area contributed by atoms with Gasteiger partial charge in [0.2, 0.25) is 10.0 Å². The molecule has 4 nitrogen and oxygen atoms in total. The quantitative estimate of drug-likeness (QED) is 0.879. The molecule has 0 aliphatic rings. The van der Waals surface area contributed by atoms with Crippen molar-refractivity contribution in [1.29, 1.82) is 0 Å². The van der Waals surface area contributed by atoms with E-state index in [1.807, 2.05) is 0 Å². The molecule has 0 bridgehead atoms. The molecule has 0 aromatic heterocycles. The number of nitrogens with one attached hydrogen (secondary N) is 1. The van der Waals surface area contributed by atoms with Crippen LogP contribution in [0.4, 0.5) is 4.39 Å². The summed E-state index contributed by atoms with van der Waals surface area (Å²) in [5.41, 5.74) is 0.609.